The van der Waals surface area contributed by atoms with Crippen LogP contribution in [0.4, 0.5) is 5.69 Å². The van der Waals surface area contributed by atoms with Gasteiger partial charge < -0.3 is 19.7 Å². The van der Waals surface area contributed by atoms with Crippen molar-refractivity contribution in [3.8, 4) is 5.75 Å². The molecule has 9 nitrogen and oxygen atoms in total. The molecule has 0 bridgehead atoms. The Morgan fingerprint density at radius 2 is 1.41 bits per heavy atom. The third-order valence-electron chi connectivity index (χ3n) is 8.42. The molecular weight excluding hydrogens is 659 g/mol. The predicted octanol–water partition coefficient (Wildman–Crippen LogP) is 5.91. The molecule has 1 aromatic heterocycles. The molecule has 2 N–H and O–H groups in total. The highest BCUT2D eigenvalue weighted by Crippen LogP contribution is 2.34. The number of sulfonamides is 1. The Bertz CT molecular complexity index is 2290. The molecule has 6 aromatic rings. The highest BCUT2D eigenvalue weighted by Gasteiger charge is 2.20. The minimum absolute atomic E-state index is 0.190. The van der Waals surface area contributed by atoms with E-state index >= 15 is 0 Å². The van der Waals surface area contributed by atoms with Crippen LogP contribution in [0.25, 0.3) is 21.8 Å². The number of fused-ring (bicyclic) bond motifs is 3. The summed E-state index contributed by atoms with van der Waals surface area (Å²) in [5, 5.41) is 16.1. The second-order valence-electron chi connectivity index (χ2n) is 12.1. The first-order chi connectivity index (χ1) is 23.5. The molecule has 0 saturated carbocycles. The van der Waals surface area contributed by atoms with Crippen LogP contribution in [-0.2, 0) is 33.0 Å². The van der Waals surface area contributed by atoms with E-state index in [1.54, 1.807) is 36.4 Å². The van der Waals surface area contributed by atoms with Gasteiger partial charge in [0.15, 0.2) is 9.84 Å². The summed E-state index contributed by atoms with van der Waals surface area (Å²) in [6, 6.07) is 37.5. The Morgan fingerprint density at radius 3 is 2.08 bits per heavy atom. The fraction of sp³-hybridized carbons (Fsp3) is 0.211. The fourth-order valence-corrected chi connectivity index (χ4v) is 7.47. The number of rotatable bonds is 14. The van der Waals surface area contributed by atoms with Crippen molar-refractivity contribution in [2.45, 2.75) is 24.1 Å². The number of anilines is 1. The molecule has 5 aromatic carbocycles. The van der Waals surface area contributed by atoms with Gasteiger partial charge in [-0.1, -0.05) is 78.9 Å². The smallest absolute Gasteiger partial charge is 0.232 e. The van der Waals surface area contributed by atoms with Crippen LogP contribution >= 0.6 is 0 Å². The standard InChI is InChI=1S/C38H39N3O6S2/c1-48(43,44)33-17-19-35-34-18-16-32(23-36(34)40(37(35)24-33)26-28-10-5-3-6-11-28)47-21-20-39-25-38(42)30-14-9-15-31(22-30)41(49(2,45)46)27-29-12-7-4-8-13-29/h3-19,22-24,38-39,42H,20-21,25-27H2,1-2H3/t38-/m0/s1. The molecule has 0 radical (unpaired) electrons. The molecule has 0 amide bonds. The average Bonchev–Trinajstić information content (AvgIpc) is 3.39. The van der Waals surface area contributed by atoms with Gasteiger partial charge in [-0.05, 0) is 53.1 Å². The summed E-state index contributed by atoms with van der Waals surface area (Å²) in [7, 11) is -6.95. The van der Waals surface area contributed by atoms with E-state index in [2.05, 4.69) is 9.88 Å². The lowest BCUT2D eigenvalue weighted by molar-refractivity contribution is 0.172. The molecule has 6 rings (SSSR count). The van der Waals surface area contributed by atoms with Crippen molar-refractivity contribution in [3.05, 3.63) is 138 Å². The Morgan fingerprint density at radius 1 is 0.755 bits per heavy atom. The van der Waals surface area contributed by atoms with Gasteiger partial charge in [-0.2, -0.15) is 0 Å². The zero-order valence-corrected chi connectivity index (χ0v) is 29.0. The lowest BCUT2D eigenvalue weighted by atomic mass is 10.1. The minimum atomic E-state index is -3.56. The molecule has 0 spiro atoms. The molecule has 1 heterocycles. The van der Waals surface area contributed by atoms with Crippen molar-refractivity contribution in [1.29, 1.82) is 0 Å². The third-order valence-corrected chi connectivity index (χ3v) is 10.7. The van der Waals surface area contributed by atoms with Gasteiger partial charge >= 0.3 is 0 Å². The Balaban J connectivity index is 1.13. The number of benzene rings is 5. The number of nitrogens with zero attached hydrogens (tertiary/aromatic N) is 2. The largest absolute Gasteiger partial charge is 0.492 e. The first-order valence-corrected chi connectivity index (χ1v) is 19.6. The van der Waals surface area contributed by atoms with Crippen molar-refractivity contribution in [2.75, 3.05) is 36.5 Å². The van der Waals surface area contributed by atoms with Gasteiger partial charge in [-0.15, -0.1) is 0 Å². The number of hydrogen-bond acceptors (Lipinski definition) is 7. The van der Waals surface area contributed by atoms with E-state index in [-0.39, 0.29) is 18.0 Å². The summed E-state index contributed by atoms with van der Waals surface area (Å²) < 4.78 is 59.6. The topological polar surface area (TPSA) is 118 Å². The highest BCUT2D eigenvalue weighted by molar-refractivity contribution is 7.92. The number of hydrogen-bond donors (Lipinski definition) is 2. The van der Waals surface area contributed by atoms with E-state index < -0.39 is 26.0 Å². The monoisotopic (exact) mass is 697 g/mol. The molecular formula is C38H39N3O6S2. The quantitative estimate of drug-likeness (QED) is 0.136. The van der Waals surface area contributed by atoms with Gasteiger partial charge in [0.05, 0.1) is 40.5 Å². The van der Waals surface area contributed by atoms with Crippen LogP contribution in [0.5, 0.6) is 5.75 Å². The van der Waals surface area contributed by atoms with Crippen LogP contribution in [0, 0.1) is 0 Å². The number of ether oxygens (including phenoxy) is 1. The molecule has 1 atom stereocenters. The predicted molar refractivity (Wildman–Crippen MR) is 195 cm³/mol. The van der Waals surface area contributed by atoms with Crippen LogP contribution < -0.4 is 14.4 Å². The second-order valence-corrected chi connectivity index (χ2v) is 16.0. The normalized spacial score (nSPS) is 12.7. The average molecular weight is 698 g/mol. The van der Waals surface area contributed by atoms with Gasteiger partial charge in [-0.3, -0.25) is 4.31 Å². The molecule has 0 aliphatic rings. The minimum Gasteiger partial charge on any atom is -0.492 e. The molecule has 49 heavy (non-hydrogen) atoms. The first-order valence-electron chi connectivity index (χ1n) is 15.9. The van der Waals surface area contributed by atoms with Crippen LogP contribution in [0.1, 0.15) is 22.8 Å². The van der Waals surface area contributed by atoms with E-state index in [9.17, 15) is 21.9 Å². The van der Waals surface area contributed by atoms with E-state index in [1.165, 1.54) is 16.8 Å². The molecule has 0 fully saturated rings. The Kier molecular flexibility index (Phi) is 10.1. The van der Waals surface area contributed by atoms with Gasteiger partial charge in [-0.25, -0.2) is 16.8 Å². The number of aliphatic hydroxyl groups is 1. The molecule has 0 unspecified atom stereocenters. The Labute approximate surface area is 287 Å². The summed E-state index contributed by atoms with van der Waals surface area (Å²) in [6.45, 7) is 1.80. The highest BCUT2D eigenvalue weighted by atomic mass is 32.2. The van der Waals surface area contributed by atoms with Crippen molar-refractivity contribution in [1.82, 2.24) is 9.88 Å². The van der Waals surface area contributed by atoms with Crippen LogP contribution in [0.15, 0.2) is 126 Å². The first kappa shape index (κ1) is 34.2. The van der Waals surface area contributed by atoms with Crippen LogP contribution in [-0.4, -0.2) is 58.7 Å². The van der Waals surface area contributed by atoms with Crippen LogP contribution in [0.2, 0.25) is 0 Å². The zero-order chi connectivity index (χ0) is 34.6. The summed E-state index contributed by atoms with van der Waals surface area (Å²) in [6.07, 6.45) is 1.53. The van der Waals surface area contributed by atoms with Crippen molar-refractivity contribution in [3.63, 3.8) is 0 Å². The molecule has 0 saturated heterocycles. The van der Waals surface area contributed by atoms with Gasteiger partial charge in [0, 0.05) is 42.7 Å². The SMILES string of the molecule is CS(=O)(=O)c1ccc2c3ccc(OCCNC[C@H](O)c4cccc(N(Cc5ccccc5)S(C)(=O)=O)c4)cc3n(Cc3ccccc3)c2c1. The van der Waals surface area contributed by atoms with Crippen molar-refractivity contribution in [2.24, 2.45) is 0 Å². The van der Waals surface area contributed by atoms with E-state index in [0.717, 1.165) is 32.9 Å². The summed E-state index contributed by atoms with van der Waals surface area (Å²) in [4.78, 5) is 0.272. The molecule has 11 heteroatoms. The van der Waals surface area contributed by atoms with Gasteiger partial charge in [0.2, 0.25) is 10.0 Å². The van der Waals surface area contributed by atoms with E-state index in [0.29, 0.717) is 36.7 Å². The third kappa shape index (κ3) is 8.14. The molecule has 0 aliphatic heterocycles. The lowest BCUT2D eigenvalue weighted by Crippen LogP contribution is -2.29. The van der Waals surface area contributed by atoms with Crippen molar-refractivity contribution >= 4 is 47.4 Å². The lowest BCUT2D eigenvalue weighted by Gasteiger charge is -2.24. The fourth-order valence-electron chi connectivity index (χ4n) is 5.95. The number of nitrogens with one attached hydrogen (secondary N) is 1. The van der Waals surface area contributed by atoms with Gasteiger partial charge in [0.1, 0.15) is 12.4 Å². The summed E-state index contributed by atoms with van der Waals surface area (Å²) in [5.41, 5.74) is 4.80. The zero-order valence-electron chi connectivity index (χ0n) is 27.4. The summed E-state index contributed by atoms with van der Waals surface area (Å²) >= 11 is 0. The van der Waals surface area contributed by atoms with Crippen molar-refractivity contribution < 1.29 is 26.7 Å². The molecule has 0 aliphatic carbocycles. The van der Waals surface area contributed by atoms with Gasteiger partial charge in [0.25, 0.3) is 0 Å². The van der Waals surface area contributed by atoms with E-state index in [4.69, 9.17) is 4.74 Å². The second kappa shape index (κ2) is 14.4. The van der Waals surface area contributed by atoms with Crippen LogP contribution in [0.3, 0.4) is 0 Å². The maximum Gasteiger partial charge on any atom is 0.232 e. The molecule has 254 valence electrons. The number of sulfone groups is 1. The number of aromatic nitrogens is 1. The number of aliphatic hydroxyl groups excluding tert-OH is 1. The van der Waals surface area contributed by atoms with E-state index in [1.807, 2.05) is 84.9 Å². The Hall–Kier alpha value is -4.68. The maximum atomic E-state index is 12.7. The maximum absolute atomic E-state index is 12.7. The summed E-state index contributed by atoms with van der Waals surface area (Å²) in [5.74, 6) is 0.669.